The SMILES string of the molecule is CCCCCC(CN(O)C=O)C(=O)NCNC(=O)c1ccc(-c2ccc(F)c(C(=O)O)c2)o1. The lowest BCUT2D eigenvalue weighted by Crippen LogP contribution is -2.42. The van der Waals surface area contributed by atoms with Gasteiger partial charge in [-0.05, 0) is 36.8 Å². The van der Waals surface area contributed by atoms with Crippen LogP contribution in [0.5, 0.6) is 0 Å². The molecule has 11 heteroatoms. The Morgan fingerprint density at radius 1 is 1.18 bits per heavy atom. The maximum Gasteiger partial charge on any atom is 0.338 e. The van der Waals surface area contributed by atoms with Gasteiger partial charge in [-0.2, -0.15) is 0 Å². The van der Waals surface area contributed by atoms with E-state index in [2.05, 4.69) is 10.6 Å². The minimum atomic E-state index is -1.43. The average Bonchev–Trinajstić information content (AvgIpc) is 3.28. The molecule has 0 aliphatic rings. The molecule has 1 atom stereocenters. The molecule has 0 saturated heterocycles. The quantitative estimate of drug-likeness (QED) is 0.117. The van der Waals surface area contributed by atoms with Crippen LogP contribution in [-0.2, 0) is 9.59 Å². The number of furan rings is 1. The van der Waals surface area contributed by atoms with E-state index >= 15 is 0 Å². The summed E-state index contributed by atoms with van der Waals surface area (Å²) in [6.07, 6.45) is 3.28. The van der Waals surface area contributed by atoms with Gasteiger partial charge in [0.15, 0.2) is 5.76 Å². The van der Waals surface area contributed by atoms with Crippen LogP contribution in [0.2, 0.25) is 0 Å². The van der Waals surface area contributed by atoms with Gasteiger partial charge >= 0.3 is 5.97 Å². The van der Waals surface area contributed by atoms with E-state index in [1.165, 1.54) is 18.2 Å². The molecule has 0 bridgehead atoms. The second-order valence-electron chi connectivity index (χ2n) is 7.31. The highest BCUT2D eigenvalue weighted by Gasteiger charge is 2.21. The number of unbranched alkanes of at least 4 members (excludes halogenated alkanes) is 2. The van der Waals surface area contributed by atoms with Crippen molar-refractivity contribution >= 4 is 24.2 Å². The lowest BCUT2D eigenvalue weighted by molar-refractivity contribution is -0.154. The van der Waals surface area contributed by atoms with Crippen molar-refractivity contribution < 1.29 is 38.3 Å². The first-order valence-electron chi connectivity index (χ1n) is 10.4. The third-order valence-electron chi connectivity index (χ3n) is 4.88. The fourth-order valence-electron chi connectivity index (χ4n) is 3.12. The van der Waals surface area contributed by atoms with E-state index in [9.17, 15) is 28.8 Å². The third kappa shape index (κ3) is 7.42. The Kier molecular flexibility index (Phi) is 9.55. The molecule has 3 amide bonds. The van der Waals surface area contributed by atoms with Gasteiger partial charge in [0.2, 0.25) is 12.3 Å². The van der Waals surface area contributed by atoms with Crippen LogP contribution >= 0.6 is 0 Å². The molecule has 33 heavy (non-hydrogen) atoms. The van der Waals surface area contributed by atoms with Crippen molar-refractivity contribution in [3.8, 4) is 11.3 Å². The van der Waals surface area contributed by atoms with Crippen LogP contribution in [0.25, 0.3) is 11.3 Å². The van der Waals surface area contributed by atoms with Crippen molar-refractivity contribution in [1.29, 1.82) is 0 Å². The van der Waals surface area contributed by atoms with Crippen LogP contribution in [0.15, 0.2) is 34.7 Å². The number of rotatable bonds is 13. The second-order valence-corrected chi connectivity index (χ2v) is 7.31. The van der Waals surface area contributed by atoms with Crippen LogP contribution < -0.4 is 10.6 Å². The van der Waals surface area contributed by atoms with E-state index in [0.717, 1.165) is 31.4 Å². The van der Waals surface area contributed by atoms with Crippen molar-refractivity contribution in [1.82, 2.24) is 15.7 Å². The Hall–Kier alpha value is -3.73. The minimum Gasteiger partial charge on any atom is -0.478 e. The van der Waals surface area contributed by atoms with Gasteiger partial charge in [-0.1, -0.05) is 26.2 Å². The first-order valence-corrected chi connectivity index (χ1v) is 10.4. The number of halogens is 1. The van der Waals surface area contributed by atoms with Crippen molar-refractivity contribution in [3.05, 3.63) is 47.5 Å². The molecule has 0 aliphatic heterocycles. The van der Waals surface area contributed by atoms with E-state index in [4.69, 9.17) is 9.52 Å². The zero-order valence-electron chi connectivity index (χ0n) is 18.0. The molecule has 1 unspecified atom stereocenters. The van der Waals surface area contributed by atoms with Gasteiger partial charge in [-0.15, -0.1) is 0 Å². The minimum absolute atomic E-state index is 0.0950. The first kappa shape index (κ1) is 25.5. The molecule has 2 rings (SSSR count). The molecular formula is C22H26FN3O7. The Labute approximate surface area is 189 Å². The summed E-state index contributed by atoms with van der Waals surface area (Å²) in [7, 11) is 0. The summed E-state index contributed by atoms with van der Waals surface area (Å²) < 4.78 is 19.0. The molecule has 2 aromatic rings. The topological polar surface area (TPSA) is 149 Å². The second kappa shape index (κ2) is 12.3. The normalized spacial score (nSPS) is 11.5. The lowest BCUT2D eigenvalue weighted by Gasteiger charge is -2.19. The number of hydrogen-bond donors (Lipinski definition) is 4. The number of carboxylic acid groups (broad SMARTS) is 1. The first-order chi connectivity index (χ1) is 15.8. The molecule has 0 spiro atoms. The summed E-state index contributed by atoms with van der Waals surface area (Å²) in [4.78, 5) is 46.4. The monoisotopic (exact) mass is 463 g/mol. The third-order valence-corrected chi connectivity index (χ3v) is 4.88. The highest BCUT2D eigenvalue weighted by molar-refractivity contribution is 5.93. The van der Waals surface area contributed by atoms with E-state index in [1.807, 2.05) is 6.92 Å². The number of carboxylic acids is 1. The van der Waals surface area contributed by atoms with Crippen LogP contribution in [0.1, 0.15) is 53.5 Å². The van der Waals surface area contributed by atoms with E-state index in [1.54, 1.807) is 0 Å². The molecule has 0 fully saturated rings. The van der Waals surface area contributed by atoms with E-state index in [0.29, 0.717) is 11.5 Å². The highest BCUT2D eigenvalue weighted by Crippen LogP contribution is 2.24. The molecule has 0 aliphatic carbocycles. The fraction of sp³-hybridized carbons (Fsp3) is 0.364. The molecule has 0 saturated carbocycles. The molecule has 4 N–H and O–H groups in total. The number of aromatic carboxylic acids is 1. The number of nitrogens with zero attached hydrogens (tertiary/aromatic N) is 1. The van der Waals surface area contributed by atoms with Gasteiger partial charge in [0.05, 0.1) is 24.7 Å². The number of hydrogen-bond acceptors (Lipinski definition) is 6. The van der Waals surface area contributed by atoms with Crippen LogP contribution in [0.3, 0.4) is 0 Å². The summed E-state index contributed by atoms with van der Waals surface area (Å²) in [5.41, 5.74) is -0.248. The van der Waals surface area contributed by atoms with Crippen LogP contribution in [0.4, 0.5) is 4.39 Å². The zero-order valence-corrected chi connectivity index (χ0v) is 18.0. The summed E-state index contributed by atoms with van der Waals surface area (Å²) in [6.45, 7) is 1.63. The summed E-state index contributed by atoms with van der Waals surface area (Å²) in [5.74, 6) is -3.96. The average molecular weight is 463 g/mol. The van der Waals surface area contributed by atoms with Gasteiger partial charge in [-0.25, -0.2) is 14.2 Å². The largest absolute Gasteiger partial charge is 0.478 e. The standard InChI is InChI=1S/C22H26FN3O7/c1-2-3-4-5-15(11-26(32)13-27)20(28)24-12-25-21(29)19-9-8-18(33-19)14-6-7-17(23)16(10-14)22(30)31/h6-10,13,15,32H,2-5,11-12H2,1H3,(H,24,28)(H,25,29)(H,30,31). The predicted octanol–water partition coefficient (Wildman–Crippen LogP) is 2.63. The smallest absolute Gasteiger partial charge is 0.338 e. The maximum atomic E-state index is 13.6. The van der Waals surface area contributed by atoms with E-state index < -0.39 is 35.1 Å². The molecular weight excluding hydrogens is 437 g/mol. The molecule has 0 radical (unpaired) electrons. The van der Waals surface area contributed by atoms with Crippen LogP contribution in [-0.4, -0.2) is 52.8 Å². The number of nitrogens with one attached hydrogen (secondary N) is 2. The molecule has 178 valence electrons. The Morgan fingerprint density at radius 3 is 2.61 bits per heavy atom. The molecule has 1 heterocycles. The number of hydroxylamine groups is 2. The Bertz CT molecular complexity index is 992. The van der Waals surface area contributed by atoms with Crippen molar-refractivity contribution in [3.63, 3.8) is 0 Å². The lowest BCUT2D eigenvalue weighted by atomic mass is 10.0. The van der Waals surface area contributed by atoms with E-state index in [-0.39, 0.29) is 36.7 Å². The van der Waals surface area contributed by atoms with Gasteiger partial charge in [0, 0.05) is 5.56 Å². The molecule has 1 aromatic heterocycles. The highest BCUT2D eigenvalue weighted by atomic mass is 19.1. The van der Waals surface area contributed by atoms with Crippen molar-refractivity contribution in [2.45, 2.75) is 32.6 Å². The molecule has 1 aromatic carbocycles. The Morgan fingerprint density at radius 2 is 1.94 bits per heavy atom. The summed E-state index contributed by atoms with van der Waals surface area (Å²) >= 11 is 0. The predicted molar refractivity (Wildman–Crippen MR) is 114 cm³/mol. The van der Waals surface area contributed by atoms with Crippen molar-refractivity contribution in [2.75, 3.05) is 13.2 Å². The number of amides is 3. The van der Waals surface area contributed by atoms with Crippen molar-refractivity contribution in [2.24, 2.45) is 5.92 Å². The van der Waals surface area contributed by atoms with Gasteiger partial charge in [-0.3, -0.25) is 19.6 Å². The number of carbonyl (C=O) groups excluding carboxylic acids is 3. The Balaban J connectivity index is 1.94. The number of carbonyl (C=O) groups is 4. The van der Waals surface area contributed by atoms with Crippen LogP contribution in [0, 0.1) is 11.7 Å². The zero-order chi connectivity index (χ0) is 24.4. The maximum absolute atomic E-state index is 13.6. The number of benzene rings is 1. The van der Waals surface area contributed by atoms with Gasteiger partial charge < -0.3 is 20.2 Å². The molecule has 10 nitrogen and oxygen atoms in total. The summed E-state index contributed by atoms with van der Waals surface area (Å²) in [5, 5.41) is 23.8. The van der Waals surface area contributed by atoms with Gasteiger partial charge in [0.25, 0.3) is 5.91 Å². The summed E-state index contributed by atoms with van der Waals surface area (Å²) in [6, 6.07) is 6.21. The van der Waals surface area contributed by atoms with Gasteiger partial charge in [0.1, 0.15) is 11.6 Å². The fourth-order valence-corrected chi connectivity index (χ4v) is 3.12.